The number of alkyl halides is 3. The number of aromatic nitrogens is 4. The summed E-state index contributed by atoms with van der Waals surface area (Å²) >= 11 is 0. The first kappa shape index (κ1) is 18.2. The lowest BCUT2D eigenvalue weighted by Crippen LogP contribution is -2.28. The number of rotatable bonds is 4. The number of hydrogen-bond donors (Lipinski definition) is 1. The molecule has 2 aliphatic heterocycles. The van der Waals surface area contributed by atoms with E-state index in [0.717, 1.165) is 6.42 Å². The van der Waals surface area contributed by atoms with Crippen LogP contribution in [0.4, 0.5) is 19.1 Å². The van der Waals surface area contributed by atoms with Gasteiger partial charge in [-0.25, -0.2) is 14.4 Å². The van der Waals surface area contributed by atoms with Gasteiger partial charge in [0.05, 0.1) is 6.54 Å². The molecule has 0 aliphatic carbocycles. The van der Waals surface area contributed by atoms with Gasteiger partial charge in [-0.05, 0) is 25.0 Å². The second-order valence-electron chi connectivity index (χ2n) is 7.55. The SMILES string of the molecule is CCCC1(F)CCN(Cc2nc3c4ccc5c(c4nc(N)n3n2)OC(F)(F)O5)C1. The molecule has 5 rings (SSSR count). The van der Waals surface area contributed by atoms with E-state index in [-0.39, 0.29) is 23.0 Å². The second kappa shape index (κ2) is 6.09. The van der Waals surface area contributed by atoms with Gasteiger partial charge in [0.2, 0.25) is 5.95 Å². The third kappa shape index (κ3) is 3.00. The van der Waals surface area contributed by atoms with Crippen LogP contribution in [-0.2, 0) is 6.54 Å². The van der Waals surface area contributed by atoms with Crippen molar-refractivity contribution >= 4 is 22.5 Å². The predicted molar refractivity (Wildman–Crippen MR) is 97.5 cm³/mol. The normalized spacial score (nSPS) is 23.4. The van der Waals surface area contributed by atoms with Crippen LogP contribution in [-0.4, -0.2) is 49.5 Å². The minimum Gasteiger partial charge on any atom is -0.395 e. The van der Waals surface area contributed by atoms with Crippen molar-refractivity contribution in [3.63, 3.8) is 0 Å². The van der Waals surface area contributed by atoms with E-state index in [9.17, 15) is 13.2 Å². The third-order valence-electron chi connectivity index (χ3n) is 5.33. The Morgan fingerprint density at radius 1 is 1.21 bits per heavy atom. The molecular formula is C18H19F3N6O2. The van der Waals surface area contributed by atoms with Crippen LogP contribution in [0, 0.1) is 0 Å². The van der Waals surface area contributed by atoms with Crippen LogP contribution in [0.2, 0.25) is 0 Å². The molecule has 8 nitrogen and oxygen atoms in total. The fourth-order valence-corrected chi connectivity index (χ4v) is 4.11. The number of benzene rings is 1. The van der Waals surface area contributed by atoms with Crippen molar-refractivity contribution < 1.29 is 22.6 Å². The van der Waals surface area contributed by atoms with Crippen LogP contribution >= 0.6 is 0 Å². The molecule has 1 fully saturated rings. The summed E-state index contributed by atoms with van der Waals surface area (Å²) < 4.78 is 52.0. The molecule has 0 amide bonds. The molecule has 11 heteroatoms. The molecule has 0 saturated carbocycles. The molecule has 1 saturated heterocycles. The average Bonchev–Trinajstić information content (AvgIpc) is 3.30. The van der Waals surface area contributed by atoms with Crippen molar-refractivity contribution in [3.8, 4) is 11.5 Å². The van der Waals surface area contributed by atoms with Crippen LogP contribution in [0.25, 0.3) is 16.6 Å². The highest BCUT2D eigenvalue weighted by Gasteiger charge is 2.45. The van der Waals surface area contributed by atoms with Crippen molar-refractivity contribution in [1.82, 2.24) is 24.5 Å². The van der Waals surface area contributed by atoms with Crippen molar-refractivity contribution in [3.05, 3.63) is 18.0 Å². The van der Waals surface area contributed by atoms with E-state index >= 15 is 0 Å². The summed E-state index contributed by atoms with van der Waals surface area (Å²) in [6.07, 6.45) is -1.95. The molecule has 2 aliphatic rings. The van der Waals surface area contributed by atoms with Crippen LogP contribution in [0.5, 0.6) is 11.5 Å². The molecule has 0 bridgehead atoms. The lowest BCUT2D eigenvalue weighted by molar-refractivity contribution is -0.286. The maximum Gasteiger partial charge on any atom is 0.586 e. The summed E-state index contributed by atoms with van der Waals surface area (Å²) in [6.45, 7) is 3.28. The number of ether oxygens (including phenoxy) is 2. The fraction of sp³-hybridized carbons (Fsp3) is 0.500. The van der Waals surface area contributed by atoms with Gasteiger partial charge in [-0.2, -0.15) is 4.52 Å². The molecule has 29 heavy (non-hydrogen) atoms. The molecule has 2 aromatic heterocycles. The monoisotopic (exact) mass is 408 g/mol. The zero-order chi connectivity index (χ0) is 20.4. The lowest BCUT2D eigenvalue weighted by atomic mass is 10.00. The Balaban J connectivity index is 1.51. The first-order valence-electron chi connectivity index (χ1n) is 9.42. The summed E-state index contributed by atoms with van der Waals surface area (Å²) in [4.78, 5) is 10.6. The van der Waals surface area contributed by atoms with Crippen molar-refractivity contribution in [1.29, 1.82) is 0 Å². The number of fused-ring (bicyclic) bond motifs is 5. The summed E-state index contributed by atoms with van der Waals surface area (Å²) in [5.74, 6) is 0.124. The fourth-order valence-electron chi connectivity index (χ4n) is 4.11. The summed E-state index contributed by atoms with van der Waals surface area (Å²) in [5, 5.41) is 4.82. The molecule has 154 valence electrons. The quantitative estimate of drug-likeness (QED) is 0.710. The van der Waals surface area contributed by atoms with E-state index in [1.807, 2.05) is 11.8 Å². The third-order valence-corrected chi connectivity index (χ3v) is 5.33. The van der Waals surface area contributed by atoms with E-state index < -0.39 is 12.0 Å². The highest BCUT2D eigenvalue weighted by molar-refractivity contribution is 5.97. The molecule has 0 radical (unpaired) electrons. The Morgan fingerprint density at radius 2 is 2.03 bits per heavy atom. The molecular weight excluding hydrogens is 389 g/mol. The smallest absolute Gasteiger partial charge is 0.395 e. The molecule has 3 aromatic rings. The largest absolute Gasteiger partial charge is 0.586 e. The first-order chi connectivity index (χ1) is 13.8. The van der Waals surface area contributed by atoms with Crippen molar-refractivity contribution in [2.45, 2.75) is 44.7 Å². The van der Waals surface area contributed by atoms with Gasteiger partial charge in [-0.15, -0.1) is 13.9 Å². The van der Waals surface area contributed by atoms with Gasteiger partial charge in [-0.1, -0.05) is 13.3 Å². The van der Waals surface area contributed by atoms with E-state index in [1.54, 1.807) is 6.07 Å². The minimum absolute atomic E-state index is 0.0225. The maximum atomic E-state index is 14.7. The first-order valence-corrected chi connectivity index (χ1v) is 9.42. The minimum atomic E-state index is -3.76. The Bertz CT molecular complexity index is 1120. The summed E-state index contributed by atoms with van der Waals surface area (Å²) in [6, 6.07) is 2.93. The van der Waals surface area contributed by atoms with Crippen molar-refractivity contribution in [2.75, 3.05) is 18.8 Å². The second-order valence-corrected chi connectivity index (χ2v) is 7.55. The standard InChI is InChI=1S/C18H19F3N6O2/c1-2-5-17(19)6-7-26(9-17)8-12-23-15-10-3-4-11-14(29-18(20,21)28-11)13(10)24-16(22)27(15)25-12/h3-4H,2,5-9H2,1H3,(H2,22,24). The van der Waals surface area contributed by atoms with Crippen LogP contribution < -0.4 is 15.2 Å². The van der Waals surface area contributed by atoms with Gasteiger partial charge in [-0.3, -0.25) is 4.90 Å². The number of halogens is 3. The predicted octanol–water partition coefficient (Wildman–Crippen LogP) is 2.90. The molecule has 0 spiro atoms. The Kier molecular flexibility index (Phi) is 3.83. The highest BCUT2D eigenvalue weighted by atomic mass is 19.3. The Hall–Kier alpha value is -2.82. The van der Waals surface area contributed by atoms with Crippen LogP contribution in [0.1, 0.15) is 32.0 Å². The Morgan fingerprint density at radius 3 is 2.83 bits per heavy atom. The van der Waals surface area contributed by atoms with Gasteiger partial charge in [0, 0.05) is 18.5 Å². The van der Waals surface area contributed by atoms with Crippen molar-refractivity contribution in [2.24, 2.45) is 0 Å². The number of nitrogen functional groups attached to an aromatic ring is 1. The number of nitrogens with two attached hydrogens (primary N) is 1. The van der Waals surface area contributed by atoms with Gasteiger partial charge in [0.15, 0.2) is 23.0 Å². The molecule has 4 heterocycles. The molecule has 1 aromatic carbocycles. The highest BCUT2D eigenvalue weighted by Crippen LogP contribution is 2.45. The van der Waals surface area contributed by atoms with Crippen LogP contribution in [0.15, 0.2) is 12.1 Å². The van der Waals surface area contributed by atoms with E-state index in [1.165, 1.54) is 10.6 Å². The number of nitrogens with zero attached hydrogens (tertiary/aromatic N) is 5. The molecule has 1 atom stereocenters. The van der Waals surface area contributed by atoms with E-state index in [2.05, 4.69) is 24.5 Å². The van der Waals surface area contributed by atoms with Gasteiger partial charge >= 0.3 is 6.29 Å². The maximum absolute atomic E-state index is 14.7. The van der Waals surface area contributed by atoms with E-state index in [0.29, 0.717) is 49.3 Å². The lowest BCUT2D eigenvalue weighted by Gasteiger charge is -2.19. The summed E-state index contributed by atoms with van der Waals surface area (Å²) in [5.41, 5.74) is 5.29. The van der Waals surface area contributed by atoms with Gasteiger partial charge in [0.1, 0.15) is 11.2 Å². The molecule has 2 N–H and O–H groups in total. The Labute approximate surface area is 163 Å². The average molecular weight is 408 g/mol. The number of likely N-dealkylation sites (tertiary alicyclic amines) is 1. The number of anilines is 1. The van der Waals surface area contributed by atoms with Gasteiger partial charge < -0.3 is 15.2 Å². The summed E-state index contributed by atoms with van der Waals surface area (Å²) in [7, 11) is 0. The van der Waals surface area contributed by atoms with Crippen LogP contribution in [0.3, 0.4) is 0 Å². The van der Waals surface area contributed by atoms with Gasteiger partial charge in [0.25, 0.3) is 0 Å². The zero-order valence-corrected chi connectivity index (χ0v) is 15.7. The zero-order valence-electron chi connectivity index (χ0n) is 15.7. The van der Waals surface area contributed by atoms with E-state index in [4.69, 9.17) is 5.73 Å². The number of hydrogen-bond acceptors (Lipinski definition) is 7. The molecule has 1 unspecified atom stereocenters. The topological polar surface area (TPSA) is 90.8 Å².